The number of hydrogen-bond donors (Lipinski definition) is 1. The van der Waals surface area contributed by atoms with Crippen molar-refractivity contribution in [2.24, 2.45) is 0 Å². The fraction of sp³-hybridized carbons (Fsp3) is 0.188. The SMILES string of the molecule is COc1ccc(C(=O)NCc2nnc(-c3cccs3)o2)cc1OC. The molecule has 0 aliphatic rings. The minimum absolute atomic E-state index is 0.144. The van der Waals surface area contributed by atoms with Crippen molar-refractivity contribution in [3.63, 3.8) is 0 Å². The molecule has 0 bridgehead atoms. The van der Waals surface area contributed by atoms with E-state index >= 15 is 0 Å². The predicted molar refractivity (Wildman–Crippen MR) is 88.3 cm³/mol. The van der Waals surface area contributed by atoms with Crippen LogP contribution in [0.1, 0.15) is 16.2 Å². The molecule has 8 heteroatoms. The molecular weight excluding hydrogens is 330 g/mol. The molecule has 0 fully saturated rings. The smallest absolute Gasteiger partial charge is 0.257 e. The highest BCUT2D eigenvalue weighted by Crippen LogP contribution is 2.27. The summed E-state index contributed by atoms with van der Waals surface area (Å²) in [6.07, 6.45) is 0. The first-order valence-corrected chi connectivity index (χ1v) is 7.95. The van der Waals surface area contributed by atoms with Gasteiger partial charge in [0.25, 0.3) is 11.8 Å². The molecule has 2 heterocycles. The van der Waals surface area contributed by atoms with Crippen LogP contribution in [0.3, 0.4) is 0 Å². The summed E-state index contributed by atoms with van der Waals surface area (Å²) in [6.45, 7) is 0.144. The first-order valence-electron chi connectivity index (χ1n) is 7.07. The van der Waals surface area contributed by atoms with Crippen molar-refractivity contribution >= 4 is 17.2 Å². The summed E-state index contributed by atoms with van der Waals surface area (Å²) in [5.74, 6) is 1.56. The summed E-state index contributed by atoms with van der Waals surface area (Å²) in [7, 11) is 3.06. The van der Waals surface area contributed by atoms with Gasteiger partial charge < -0.3 is 19.2 Å². The zero-order valence-electron chi connectivity index (χ0n) is 13.1. The highest BCUT2D eigenvalue weighted by atomic mass is 32.1. The number of methoxy groups -OCH3 is 2. The van der Waals surface area contributed by atoms with Gasteiger partial charge in [-0.1, -0.05) is 6.07 Å². The Hall–Kier alpha value is -2.87. The second-order valence-corrected chi connectivity index (χ2v) is 5.68. The van der Waals surface area contributed by atoms with E-state index in [1.54, 1.807) is 25.3 Å². The van der Waals surface area contributed by atoms with Crippen LogP contribution in [0.5, 0.6) is 11.5 Å². The zero-order chi connectivity index (χ0) is 16.9. The van der Waals surface area contributed by atoms with Crippen molar-refractivity contribution in [3.8, 4) is 22.3 Å². The van der Waals surface area contributed by atoms with Gasteiger partial charge in [-0.2, -0.15) is 0 Å². The van der Waals surface area contributed by atoms with Crippen molar-refractivity contribution < 1.29 is 18.7 Å². The van der Waals surface area contributed by atoms with Gasteiger partial charge in [-0.05, 0) is 29.6 Å². The van der Waals surface area contributed by atoms with Crippen LogP contribution in [-0.2, 0) is 6.54 Å². The fourth-order valence-corrected chi connectivity index (χ4v) is 2.70. The monoisotopic (exact) mass is 345 g/mol. The van der Waals surface area contributed by atoms with E-state index in [1.165, 1.54) is 18.4 Å². The quantitative estimate of drug-likeness (QED) is 0.739. The number of nitrogens with zero attached hydrogens (tertiary/aromatic N) is 2. The third-order valence-electron chi connectivity index (χ3n) is 3.24. The molecular formula is C16H15N3O4S. The normalized spacial score (nSPS) is 10.4. The van der Waals surface area contributed by atoms with E-state index in [1.807, 2.05) is 17.5 Å². The molecule has 1 amide bonds. The number of aromatic nitrogens is 2. The maximum absolute atomic E-state index is 12.2. The Morgan fingerprint density at radius 2 is 2.04 bits per heavy atom. The molecule has 0 saturated heterocycles. The van der Waals surface area contributed by atoms with E-state index < -0.39 is 0 Å². The van der Waals surface area contributed by atoms with Crippen molar-refractivity contribution in [3.05, 3.63) is 47.2 Å². The molecule has 7 nitrogen and oxygen atoms in total. The van der Waals surface area contributed by atoms with Crippen LogP contribution in [0.15, 0.2) is 40.1 Å². The summed E-state index contributed by atoms with van der Waals surface area (Å²) in [6, 6.07) is 8.74. The van der Waals surface area contributed by atoms with Crippen LogP contribution in [0.4, 0.5) is 0 Å². The molecule has 0 aliphatic carbocycles. The molecule has 0 spiro atoms. The Bertz CT molecular complexity index is 830. The van der Waals surface area contributed by atoms with Gasteiger partial charge in [0.15, 0.2) is 11.5 Å². The number of carbonyl (C=O) groups excluding carboxylic acids is 1. The molecule has 124 valence electrons. The van der Waals surface area contributed by atoms with Crippen LogP contribution in [0.25, 0.3) is 10.8 Å². The summed E-state index contributed by atoms with van der Waals surface area (Å²) in [4.78, 5) is 13.1. The Morgan fingerprint density at radius 3 is 2.75 bits per heavy atom. The molecule has 2 aromatic heterocycles. The van der Waals surface area contributed by atoms with Gasteiger partial charge in [-0.15, -0.1) is 21.5 Å². The van der Waals surface area contributed by atoms with Gasteiger partial charge in [0, 0.05) is 5.56 Å². The van der Waals surface area contributed by atoms with E-state index in [0.717, 1.165) is 4.88 Å². The highest BCUT2D eigenvalue weighted by molar-refractivity contribution is 7.13. The van der Waals surface area contributed by atoms with E-state index in [9.17, 15) is 4.79 Å². The van der Waals surface area contributed by atoms with E-state index in [-0.39, 0.29) is 12.5 Å². The lowest BCUT2D eigenvalue weighted by Crippen LogP contribution is -2.23. The molecule has 0 unspecified atom stereocenters. The minimum Gasteiger partial charge on any atom is -0.493 e. The zero-order valence-corrected chi connectivity index (χ0v) is 13.9. The van der Waals surface area contributed by atoms with Gasteiger partial charge in [-0.3, -0.25) is 4.79 Å². The molecule has 24 heavy (non-hydrogen) atoms. The van der Waals surface area contributed by atoms with Crippen LogP contribution in [0.2, 0.25) is 0 Å². The number of rotatable bonds is 6. The molecule has 0 radical (unpaired) electrons. The van der Waals surface area contributed by atoms with Gasteiger partial charge in [0.05, 0.1) is 25.6 Å². The Balaban J connectivity index is 1.65. The molecule has 1 aromatic carbocycles. The molecule has 3 aromatic rings. The average molecular weight is 345 g/mol. The van der Waals surface area contributed by atoms with Crippen LogP contribution in [-0.4, -0.2) is 30.3 Å². The lowest BCUT2D eigenvalue weighted by molar-refractivity contribution is 0.0947. The number of hydrogen-bond acceptors (Lipinski definition) is 7. The largest absolute Gasteiger partial charge is 0.493 e. The molecule has 3 rings (SSSR count). The maximum Gasteiger partial charge on any atom is 0.257 e. The Labute approximate surface area is 142 Å². The lowest BCUT2D eigenvalue weighted by atomic mass is 10.2. The third kappa shape index (κ3) is 3.38. The van der Waals surface area contributed by atoms with Crippen molar-refractivity contribution in [1.82, 2.24) is 15.5 Å². The second kappa shape index (κ2) is 7.14. The first kappa shape index (κ1) is 16.0. The second-order valence-electron chi connectivity index (χ2n) is 4.73. The molecule has 0 aliphatic heterocycles. The van der Waals surface area contributed by atoms with E-state index in [2.05, 4.69) is 15.5 Å². The Morgan fingerprint density at radius 1 is 1.21 bits per heavy atom. The number of benzene rings is 1. The van der Waals surface area contributed by atoms with Crippen LogP contribution in [0, 0.1) is 0 Å². The number of thiophene rings is 1. The Kier molecular flexibility index (Phi) is 4.76. The summed E-state index contributed by atoms with van der Waals surface area (Å²) in [5.41, 5.74) is 0.450. The molecule has 1 N–H and O–H groups in total. The van der Waals surface area contributed by atoms with Gasteiger partial charge in [-0.25, -0.2) is 0 Å². The minimum atomic E-state index is -0.271. The highest BCUT2D eigenvalue weighted by Gasteiger charge is 2.13. The number of carbonyl (C=O) groups is 1. The summed E-state index contributed by atoms with van der Waals surface area (Å²) >= 11 is 1.51. The maximum atomic E-state index is 12.2. The van der Waals surface area contributed by atoms with Crippen molar-refractivity contribution in [2.75, 3.05) is 14.2 Å². The van der Waals surface area contributed by atoms with Crippen molar-refractivity contribution in [2.45, 2.75) is 6.54 Å². The van der Waals surface area contributed by atoms with Gasteiger partial charge in [0.2, 0.25) is 5.89 Å². The predicted octanol–water partition coefficient (Wildman–Crippen LogP) is 2.75. The number of nitrogens with one attached hydrogen (secondary N) is 1. The van der Waals surface area contributed by atoms with Gasteiger partial charge >= 0.3 is 0 Å². The fourth-order valence-electron chi connectivity index (χ4n) is 2.06. The summed E-state index contributed by atoms with van der Waals surface area (Å²) < 4.78 is 15.9. The summed E-state index contributed by atoms with van der Waals surface area (Å²) in [5, 5.41) is 12.6. The lowest BCUT2D eigenvalue weighted by Gasteiger charge is -2.09. The molecule has 0 atom stereocenters. The van der Waals surface area contributed by atoms with Crippen LogP contribution >= 0.6 is 11.3 Å². The number of ether oxygens (including phenoxy) is 2. The first-order chi connectivity index (χ1) is 11.7. The molecule has 0 saturated carbocycles. The van der Waals surface area contributed by atoms with E-state index in [4.69, 9.17) is 13.9 Å². The topological polar surface area (TPSA) is 86.5 Å². The van der Waals surface area contributed by atoms with Gasteiger partial charge in [0.1, 0.15) is 0 Å². The van der Waals surface area contributed by atoms with Crippen LogP contribution < -0.4 is 14.8 Å². The average Bonchev–Trinajstić information content (AvgIpc) is 3.30. The standard InChI is InChI=1S/C16H15N3O4S/c1-21-11-6-5-10(8-12(11)22-2)15(20)17-9-14-18-19-16(23-14)13-4-3-7-24-13/h3-8H,9H2,1-2H3,(H,17,20). The van der Waals surface area contributed by atoms with E-state index in [0.29, 0.717) is 28.8 Å². The third-order valence-corrected chi connectivity index (χ3v) is 4.10. The van der Waals surface area contributed by atoms with Crippen molar-refractivity contribution in [1.29, 1.82) is 0 Å². The number of amides is 1.